The Kier molecular flexibility index (Phi) is 2.97. The maximum Gasteiger partial charge on any atom is 0.00925 e. The molecule has 0 aromatic heterocycles. The van der Waals surface area contributed by atoms with Crippen LogP contribution in [-0.2, 0) is 0 Å². The number of hydrogen-bond acceptors (Lipinski definition) is 1. The Hall–Kier alpha value is -0.560. The summed E-state index contributed by atoms with van der Waals surface area (Å²) in [7, 11) is 2.03. The van der Waals surface area contributed by atoms with Gasteiger partial charge in [-0.1, -0.05) is 45.1 Å². The first-order chi connectivity index (χ1) is 6.02. The van der Waals surface area contributed by atoms with Crippen molar-refractivity contribution < 1.29 is 0 Å². The van der Waals surface area contributed by atoms with E-state index < -0.39 is 0 Å². The molecule has 0 radical (unpaired) electrons. The van der Waals surface area contributed by atoms with Crippen molar-refractivity contribution in [3.63, 3.8) is 0 Å². The molecule has 0 aliphatic heterocycles. The lowest BCUT2D eigenvalue weighted by molar-refractivity contribution is 0.146. The third-order valence-corrected chi connectivity index (χ3v) is 3.13. The second-order valence-corrected chi connectivity index (χ2v) is 4.93. The highest BCUT2D eigenvalue weighted by atomic mass is 14.8. The zero-order chi connectivity index (χ0) is 9.95. The lowest BCUT2D eigenvalue weighted by Gasteiger charge is -2.43. The van der Waals surface area contributed by atoms with Crippen molar-refractivity contribution in [2.75, 3.05) is 13.6 Å². The van der Waals surface area contributed by atoms with Gasteiger partial charge in [-0.05, 0) is 18.9 Å². The van der Waals surface area contributed by atoms with Crippen LogP contribution >= 0.6 is 0 Å². The summed E-state index contributed by atoms with van der Waals surface area (Å²) < 4.78 is 0. The normalized spacial score (nSPS) is 28.0. The highest BCUT2D eigenvalue weighted by Crippen LogP contribution is 2.44. The van der Waals surface area contributed by atoms with Crippen LogP contribution in [0.2, 0.25) is 0 Å². The molecule has 1 rings (SSSR count). The molecule has 0 saturated carbocycles. The zero-order valence-corrected chi connectivity index (χ0v) is 9.22. The first-order valence-corrected chi connectivity index (χ1v) is 5.01. The fourth-order valence-electron chi connectivity index (χ4n) is 1.93. The van der Waals surface area contributed by atoms with Crippen molar-refractivity contribution in [2.24, 2.45) is 10.8 Å². The molecule has 0 heterocycles. The van der Waals surface area contributed by atoms with Gasteiger partial charge in [0.1, 0.15) is 0 Å². The Morgan fingerprint density at radius 3 is 2.38 bits per heavy atom. The molecule has 1 aliphatic carbocycles. The van der Waals surface area contributed by atoms with Crippen LogP contribution in [0.3, 0.4) is 0 Å². The smallest absolute Gasteiger partial charge is 0.00925 e. The molecule has 1 nitrogen and oxygen atoms in total. The maximum absolute atomic E-state index is 3.30. The molecule has 0 saturated heterocycles. The predicted octanol–water partition coefficient (Wildman–Crippen LogP) is 2.75. The van der Waals surface area contributed by atoms with Gasteiger partial charge in [-0.25, -0.2) is 0 Å². The third kappa shape index (κ3) is 2.02. The summed E-state index contributed by atoms with van der Waals surface area (Å²) in [4.78, 5) is 0. The lowest BCUT2D eigenvalue weighted by Crippen LogP contribution is -2.42. The summed E-state index contributed by atoms with van der Waals surface area (Å²) in [6.45, 7) is 7.99. The van der Waals surface area contributed by atoms with E-state index in [1.807, 2.05) is 7.05 Å². The molecule has 0 bridgehead atoms. The van der Waals surface area contributed by atoms with Crippen LogP contribution in [0.4, 0.5) is 0 Å². The van der Waals surface area contributed by atoms with E-state index in [2.05, 4.69) is 50.4 Å². The summed E-state index contributed by atoms with van der Waals surface area (Å²) in [5.41, 5.74) is 0.605. The molecule has 1 aliphatic rings. The maximum atomic E-state index is 3.30. The summed E-state index contributed by atoms with van der Waals surface area (Å²) in [6.07, 6.45) is 10.1. The zero-order valence-electron chi connectivity index (χ0n) is 9.22. The Morgan fingerprint density at radius 2 is 2.00 bits per heavy atom. The summed E-state index contributed by atoms with van der Waals surface area (Å²) in [5, 5.41) is 3.30. The van der Waals surface area contributed by atoms with Gasteiger partial charge in [0.05, 0.1) is 0 Å². The molecule has 0 aromatic rings. The molecule has 0 fully saturated rings. The van der Waals surface area contributed by atoms with Gasteiger partial charge in [-0.3, -0.25) is 0 Å². The summed E-state index contributed by atoms with van der Waals surface area (Å²) >= 11 is 0. The molecular formula is C12H21N. The van der Waals surface area contributed by atoms with Gasteiger partial charge < -0.3 is 5.32 Å². The van der Waals surface area contributed by atoms with Crippen LogP contribution in [-0.4, -0.2) is 13.6 Å². The SMILES string of the molecule is CNCC1(C(C)(C)C)C=CC=CC1. The van der Waals surface area contributed by atoms with E-state index in [0.717, 1.165) is 13.0 Å². The van der Waals surface area contributed by atoms with E-state index in [1.54, 1.807) is 0 Å². The van der Waals surface area contributed by atoms with E-state index >= 15 is 0 Å². The second kappa shape index (κ2) is 3.67. The van der Waals surface area contributed by atoms with Crippen LogP contribution < -0.4 is 5.32 Å². The number of rotatable bonds is 2. The quantitative estimate of drug-likeness (QED) is 0.687. The van der Waals surface area contributed by atoms with E-state index in [0.29, 0.717) is 5.41 Å². The molecule has 1 heteroatoms. The van der Waals surface area contributed by atoms with Crippen molar-refractivity contribution in [1.29, 1.82) is 0 Å². The predicted molar refractivity (Wildman–Crippen MR) is 58.7 cm³/mol. The Morgan fingerprint density at radius 1 is 1.31 bits per heavy atom. The summed E-state index contributed by atoms with van der Waals surface area (Å²) in [5.74, 6) is 0. The monoisotopic (exact) mass is 179 g/mol. The Labute approximate surface area is 81.9 Å². The minimum atomic E-state index is 0.288. The van der Waals surface area contributed by atoms with Crippen LogP contribution in [0.25, 0.3) is 0 Å². The molecule has 1 N–H and O–H groups in total. The molecule has 0 aromatic carbocycles. The Balaban J connectivity index is 2.88. The largest absolute Gasteiger partial charge is 0.319 e. The molecule has 1 atom stereocenters. The molecular weight excluding hydrogens is 158 g/mol. The summed E-state index contributed by atoms with van der Waals surface area (Å²) in [6, 6.07) is 0. The minimum absolute atomic E-state index is 0.288. The van der Waals surface area contributed by atoms with Gasteiger partial charge in [0, 0.05) is 12.0 Å². The van der Waals surface area contributed by atoms with E-state index in [-0.39, 0.29) is 5.41 Å². The first-order valence-electron chi connectivity index (χ1n) is 5.01. The van der Waals surface area contributed by atoms with Crippen molar-refractivity contribution in [1.82, 2.24) is 5.32 Å². The fraction of sp³-hybridized carbons (Fsp3) is 0.667. The topological polar surface area (TPSA) is 12.0 Å². The van der Waals surface area contributed by atoms with Crippen LogP contribution in [0.5, 0.6) is 0 Å². The average molecular weight is 179 g/mol. The fourth-order valence-corrected chi connectivity index (χ4v) is 1.93. The average Bonchev–Trinajstić information content (AvgIpc) is 2.04. The molecule has 74 valence electrons. The minimum Gasteiger partial charge on any atom is -0.319 e. The van der Waals surface area contributed by atoms with Crippen LogP contribution in [0.1, 0.15) is 27.2 Å². The number of hydrogen-bond donors (Lipinski definition) is 1. The Bertz CT molecular complexity index is 220. The van der Waals surface area contributed by atoms with Crippen molar-refractivity contribution in [3.8, 4) is 0 Å². The van der Waals surface area contributed by atoms with Gasteiger partial charge in [0.25, 0.3) is 0 Å². The number of allylic oxidation sites excluding steroid dienone is 3. The molecule has 1 unspecified atom stereocenters. The highest BCUT2D eigenvalue weighted by Gasteiger charge is 2.38. The van der Waals surface area contributed by atoms with Crippen molar-refractivity contribution in [2.45, 2.75) is 27.2 Å². The van der Waals surface area contributed by atoms with E-state index in [9.17, 15) is 0 Å². The van der Waals surface area contributed by atoms with Gasteiger partial charge >= 0.3 is 0 Å². The number of nitrogens with one attached hydrogen (secondary N) is 1. The van der Waals surface area contributed by atoms with E-state index in [1.165, 1.54) is 0 Å². The second-order valence-electron chi connectivity index (χ2n) is 4.93. The van der Waals surface area contributed by atoms with Gasteiger partial charge in [-0.15, -0.1) is 0 Å². The molecule has 13 heavy (non-hydrogen) atoms. The standard InChI is InChI=1S/C12H21N/c1-11(2,3)12(10-13-4)8-6-5-7-9-12/h5-8,13H,9-10H2,1-4H3. The lowest BCUT2D eigenvalue weighted by atomic mass is 9.63. The third-order valence-electron chi connectivity index (χ3n) is 3.13. The van der Waals surface area contributed by atoms with Crippen LogP contribution in [0, 0.1) is 10.8 Å². The molecule has 0 spiro atoms. The van der Waals surface area contributed by atoms with Crippen molar-refractivity contribution in [3.05, 3.63) is 24.3 Å². The first kappa shape index (κ1) is 10.5. The van der Waals surface area contributed by atoms with Crippen molar-refractivity contribution >= 4 is 0 Å². The van der Waals surface area contributed by atoms with Gasteiger partial charge in [-0.2, -0.15) is 0 Å². The van der Waals surface area contributed by atoms with Crippen LogP contribution in [0.15, 0.2) is 24.3 Å². The van der Waals surface area contributed by atoms with Gasteiger partial charge in [0.2, 0.25) is 0 Å². The highest BCUT2D eigenvalue weighted by molar-refractivity contribution is 5.20. The van der Waals surface area contributed by atoms with E-state index in [4.69, 9.17) is 0 Å². The molecule has 0 amide bonds. The van der Waals surface area contributed by atoms with Gasteiger partial charge in [0.15, 0.2) is 0 Å².